The number of nitrogens with zero attached hydrogens (tertiary/aromatic N) is 3. The lowest BCUT2D eigenvalue weighted by atomic mass is 10.1. The van der Waals surface area contributed by atoms with Gasteiger partial charge in [-0.2, -0.15) is 5.26 Å². The first kappa shape index (κ1) is 12.8. The monoisotopic (exact) mass is 253 g/mol. The van der Waals surface area contributed by atoms with Crippen LogP contribution in [0.2, 0.25) is 0 Å². The molecule has 2 aromatic rings. The fourth-order valence-corrected chi connectivity index (χ4v) is 1.83. The highest BCUT2D eigenvalue weighted by Gasteiger charge is 2.06. The molecule has 5 nitrogen and oxygen atoms in total. The topological polar surface area (TPSA) is 87.6 Å². The van der Waals surface area contributed by atoms with E-state index in [1.54, 1.807) is 12.3 Å². The summed E-state index contributed by atoms with van der Waals surface area (Å²) in [5.74, 6) is 0.532. The lowest BCUT2D eigenvalue weighted by Gasteiger charge is -2.09. The molecule has 0 bridgehead atoms. The minimum absolute atomic E-state index is 0.439. The van der Waals surface area contributed by atoms with Gasteiger partial charge in [0.05, 0.1) is 29.7 Å². The molecule has 2 heterocycles. The molecule has 0 saturated heterocycles. The van der Waals surface area contributed by atoms with Crippen LogP contribution < -0.4 is 11.1 Å². The second kappa shape index (κ2) is 5.83. The van der Waals surface area contributed by atoms with E-state index in [2.05, 4.69) is 28.3 Å². The van der Waals surface area contributed by atoms with Crippen molar-refractivity contribution in [3.05, 3.63) is 47.4 Å². The predicted molar refractivity (Wildman–Crippen MR) is 74.3 cm³/mol. The molecule has 0 saturated carbocycles. The summed E-state index contributed by atoms with van der Waals surface area (Å²) < 4.78 is 0. The second-order valence-corrected chi connectivity index (χ2v) is 4.09. The molecule has 0 spiro atoms. The maximum absolute atomic E-state index is 9.04. The molecule has 0 atom stereocenters. The molecule has 0 aliphatic rings. The van der Waals surface area contributed by atoms with Crippen molar-refractivity contribution in [2.24, 2.45) is 0 Å². The van der Waals surface area contributed by atoms with Crippen molar-refractivity contribution in [3.63, 3.8) is 0 Å². The highest BCUT2D eigenvalue weighted by Crippen LogP contribution is 2.16. The first-order chi connectivity index (χ1) is 9.24. The van der Waals surface area contributed by atoms with E-state index in [0.717, 1.165) is 12.1 Å². The van der Waals surface area contributed by atoms with Crippen molar-refractivity contribution < 1.29 is 0 Å². The van der Waals surface area contributed by atoms with Gasteiger partial charge in [-0.1, -0.05) is 13.0 Å². The van der Waals surface area contributed by atoms with Crippen LogP contribution in [0.1, 0.15) is 23.7 Å². The van der Waals surface area contributed by atoms with E-state index in [1.807, 2.05) is 12.1 Å². The summed E-state index contributed by atoms with van der Waals surface area (Å²) in [6.07, 6.45) is 4.21. The number of hydrogen-bond acceptors (Lipinski definition) is 5. The molecule has 0 radical (unpaired) electrons. The zero-order valence-corrected chi connectivity index (χ0v) is 10.7. The van der Waals surface area contributed by atoms with Gasteiger partial charge in [0.15, 0.2) is 0 Å². The molecule has 0 amide bonds. The predicted octanol–water partition coefficient (Wildman–Crippen LogP) is 2.10. The smallest absolute Gasteiger partial charge is 0.144 e. The van der Waals surface area contributed by atoms with E-state index < -0.39 is 0 Å². The van der Waals surface area contributed by atoms with Crippen LogP contribution in [0.4, 0.5) is 11.5 Å². The molecule has 0 aliphatic heterocycles. The summed E-state index contributed by atoms with van der Waals surface area (Å²) in [7, 11) is 0. The average Bonchev–Trinajstić information content (AvgIpc) is 2.46. The van der Waals surface area contributed by atoms with Gasteiger partial charge < -0.3 is 11.1 Å². The van der Waals surface area contributed by atoms with E-state index in [1.165, 1.54) is 11.8 Å². The molecule has 0 fully saturated rings. The number of nitrogens with two attached hydrogens (primary N) is 1. The maximum Gasteiger partial charge on any atom is 0.144 e. The van der Waals surface area contributed by atoms with Crippen LogP contribution in [0.5, 0.6) is 0 Å². The first-order valence-corrected chi connectivity index (χ1v) is 6.07. The van der Waals surface area contributed by atoms with Crippen LogP contribution in [0, 0.1) is 11.3 Å². The SMILES string of the molecule is CCc1cccnc1CNc1ncc(N)cc1C#N. The molecule has 3 N–H and O–H groups in total. The largest absolute Gasteiger partial charge is 0.397 e. The fourth-order valence-electron chi connectivity index (χ4n) is 1.83. The van der Waals surface area contributed by atoms with Crippen LogP contribution in [-0.2, 0) is 13.0 Å². The number of nitrogen functional groups attached to an aromatic ring is 1. The Balaban J connectivity index is 2.17. The van der Waals surface area contributed by atoms with Crippen LogP contribution in [-0.4, -0.2) is 9.97 Å². The summed E-state index contributed by atoms with van der Waals surface area (Å²) >= 11 is 0. The summed E-state index contributed by atoms with van der Waals surface area (Å²) in [4.78, 5) is 8.47. The molecule has 2 rings (SSSR count). The van der Waals surface area contributed by atoms with E-state index in [4.69, 9.17) is 11.0 Å². The van der Waals surface area contributed by atoms with Gasteiger partial charge in [0.2, 0.25) is 0 Å². The Hall–Kier alpha value is -2.61. The van der Waals surface area contributed by atoms with Crippen LogP contribution in [0.3, 0.4) is 0 Å². The zero-order chi connectivity index (χ0) is 13.7. The maximum atomic E-state index is 9.04. The van der Waals surface area contributed by atoms with Gasteiger partial charge in [0.25, 0.3) is 0 Å². The Morgan fingerprint density at radius 1 is 1.42 bits per heavy atom. The number of hydrogen-bond donors (Lipinski definition) is 2. The minimum atomic E-state index is 0.439. The van der Waals surface area contributed by atoms with Crippen molar-refractivity contribution in [1.82, 2.24) is 9.97 Å². The quantitative estimate of drug-likeness (QED) is 0.871. The van der Waals surface area contributed by atoms with Gasteiger partial charge in [0, 0.05) is 6.20 Å². The highest BCUT2D eigenvalue weighted by atomic mass is 15.0. The van der Waals surface area contributed by atoms with Crippen molar-refractivity contribution in [1.29, 1.82) is 5.26 Å². The van der Waals surface area contributed by atoms with E-state index in [-0.39, 0.29) is 0 Å². The third-order valence-electron chi connectivity index (χ3n) is 2.82. The Morgan fingerprint density at radius 2 is 2.26 bits per heavy atom. The Labute approximate surface area is 112 Å². The molecule has 2 aromatic heterocycles. The van der Waals surface area contributed by atoms with Crippen molar-refractivity contribution in [2.45, 2.75) is 19.9 Å². The third-order valence-corrected chi connectivity index (χ3v) is 2.82. The number of nitriles is 1. The first-order valence-electron chi connectivity index (χ1n) is 6.07. The molecule has 96 valence electrons. The molecule has 0 unspecified atom stereocenters. The van der Waals surface area contributed by atoms with Gasteiger partial charge in [-0.15, -0.1) is 0 Å². The van der Waals surface area contributed by atoms with Gasteiger partial charge in [-0.3, -0.25) is 4.98 Å². The molecule has 0 aromatic carbocycles. The lowest BCUT2D eigenvalue weighted by molar-refractivity contribution is 0.964. The standard InChI is InChI=1S/C14H15N5/c1-2-10-4-3-5-17-13(10)9-19-14-11(7-15)6-12(16)8-18-14/h3-6,8H,2,9,16H2,1H3,(H,18,19). The highest BCUT2D eigenvalue weighted by molar-refractivity contribution is 5.57. The molecule has 5 heteroatoms. The number of rotatable bonds is 4. The summed E-state index contributed by atoms with van der Waals surface area (Å²) in [5.41, 5.74) is 8.67. The number of aromatic nitrogens is 2. The van der Waals surface area contributed by atoms with Gasteiger partial charge in [-0.25, -0.2) is 4.98 Å². The van der Waals surface area contributed by atoms with Crippen molar-refractivity contribution in [3.8, 4) is 6.07 Å². The van der Waals surface area contributed by atoms with Crippen LogP contribution in [0.15, 0.2) is 30.6 Å². The molecule has 19 heavy (non-hydrogen) atoms. The molecular weight excluding hydrogens is 238 g/mol. The third kappa shape index (κ3) is 2.99. The van der Waals surface area contributed by atoms with E-state index >= 15 is 0 Å². The lowest BCUT2D eigenvalue weighted by Crippen LogP contribution is -2.07. The van der Waals surface area contributed by atoms with Crippen molar-refractivity contribution >= 4 is 11.5 Å². The number of nitrogens with one attached hydrogen (secondary N) is 1. The Bertz CT molecular complexity index is 615. The van der Waals surface area contributed by atoms with Crippen LogP contribution >= 0.6 is 0 Å². The Morgan fingerprint density at radius 3 is 3.00 bits per heavy atom. The van der Waals surface area contributed by atoms with Gasteiger partial charge >= 0.3 is 0 Å². The van der Waals surface area contributed by atoms with E-state index in [9.17, 15) is 0 Å². The fraction of sp³-hybridized carbons (Fsp3) is 0.214. The summed E-state index contributed by atoms with van der Waals surface area (Å²) in [6.45, 7) is 2.62. The van der Waals surface area contributed by atoms with Crippen LogP contribution in [0.25, 0.3) is 0 Å². The number of aryl methyl sites for hydroxylation is 1. The second-order valence-electron chi connectivity index (χ2n) is 4.09. The normalized spacial score (nSPS) is 9.89. The minimum Gasteiger partial charge on any atom is -0.397 e. The number of pyridine rings is 2. The average molecular weight is 253 g/mol. The molecule has 0 aliphatic carbocycles. The number of anilines is 2. The molecular formula is C14H15N5. The summed E-state index contributed by atoms with van der Waals surface area (Å²) in [6, 6.07) is 7.65. The van der Waals surface area contributed by atoms with Gasteiger partial charge in [0.1, 0.15) is 11.9 Å². The van der Waals surface area contributed by atoms with E-state index in [0.29, 0.717) is 23.6 Å². The van der Waals surface area contributed by atoms with Gasteiger partial charge in [-0.05, 0) is 24.1 Å². The zero-order valence-electron chi connectivity index (χ0n) is 10.7. The van der Waals surface area contributed by atoms with Crippen molar-refractivity contribution in [2.75, 3.05) is 11.1 Å². The Kier molecular flexibility index (Phi) is 3.94. The summed E-state index contributed by atoms with van der Waals surface area (Å²) in [5, 5.41) is 12.2.